The van der Waals surface area contributed by atoms with Gasteiger partial charge in [0.25, 0.3) is 5.56 Å². The zero-order chi connectivity index (χ0) is 18.0. The van der Waals surface area contributed by atoms with Crippen molar-refractivity contribution in [3.8, 4) is 17.5 Å². The molecule has 0 atom stereocenters. The lowest BCUT2D eigenvalue weighted by atomic mass is 10.2. The quantitative estimate of drug-likeness (QED) is 0.721. The molecule has 3 rings (SSSR count). The number of halogens is 1. The van der Waals surface area contributed by atoms with Gasteiger partial charge in [-0.25, -0.2) is 14.2 Å². The van der Waals surface area contributed by atoms with Crippen LogP contribution in [-0.4, -0.2) is 14.1 Å². The molecule has 0 radical (unpaired) electrons. The minimum atomic E-state index is -0.677. The van der Waals surface area contributed by atoms with E-state index < -0.39 is 11.2 Å². The second-order valence-corrected chi connectivity index (χ2v) is 5.27. The molecule has 3 aromatic rings. The van der Waals surface area contributed by atoms with E-state index in [2.05, 4.69) is 4.98 Å². The zero-order valence-corrected chi connectivity index (χ0v) is 13.3. The Morgan fingerprint density at radius 2 is 2.00 bits per heavy atom. The Labute approximate surface area is 141 Å². The van der Waals surface area contributed by atoms with Crippen molar-refractivity contribution in [2.24, 2.45) is 0 Å². The fourth-order valence-electron chi connectivity index (χ4n) is 2.36. The Balaban J connectivity index is 1.99. The highest BCUT2D eigenvalue weighted by Crippen LogP contribution is 2.19. The van der Waals surface area contributed by atoms with Crippen LogP contribution in [-0.2, 0) is 13.1 Å². The van der Waals surface area contributed by atoms with Crippen molar-refractivity contribution in [1.29, 1.82) is 5.26 Å². The fourth-order valence-corrected chi connectivity index (χ4v) is 2.36. The number of hydrogen-bond acceptors (Lipinski definition) is 5. The molecule has 126 valence electrons. The highest BCUT2D eigenvalue weighted by Gasteiger charge is 2.14. The highest BCUT2D eigenvalue weighted by molar-refractivity contribution is 5.52. The van der Waals surface area contributed by atoms with Crippen LogP contribution in [0.5, 0.6) is 0 Å². The molecule has 25 heavy (non-hydrogen) atoms. The lowest BCUT2D eigenvalue weighted by Gasteiger charge is -2.07. The molecule has 0 saturated carbocycles. The van der Waals surface area contributed by atoms with Crippen LogP contribution in [0.25, 0.3) is 11.5 Å². The Morgan fingerprint density at radius 3 is 2.64 bits per heavy atom. The van der Waals surface area contributed by atoms with E-state index in [4.69, 9.17) is 9.68 Å². The van der Waals surface area contributed by atoms with Crippen molar-refractivity contribution < 1.29 is 8.81 Å². The number of oxazole rings is 1. The molecule has 0 unspecified atom stereocenters. The maximum atomic E-state index is 13.0. The first-order chi connectivity index (χ1) is 12.0. The van der Waals surface area contributed by atoms with E-state index in [9.17, 15) is 14.0 Å². The van der Waals surface area contributed by atoms with Crippen LogP contribution >= 0.6 is 0 Å². The van der Waals surface area contributed by atoms with Gasteiger partial charge in [0.1, 0.15) is 23.7 Å². The van der Waals surface area contributed by atoms with Gasteiger partial charge in [0.05, 0.1) is 12.2 Å². The maximum Gasteiger partial charge on any atom is 0.331 e. The predicted octanol–water partition coefficient (Wildman–Crippen LogP) is 1.74. The monoisotopic (exact) mass is 340 g/mol. The van der Waals surface area contributed by atoms with Crippen LogP contribution in [0, 0.1) is 17.1 Å². The molecule has 0 amide bonds. The molecule has 0 bridgehead atoms. The van der Waals surface area contributed by atoms with E-state index in [-0.39, 0.29) is 23.8 Å². The first-order valence-corrected chi connectivity index (χ1v) is 7.48. The van der Waals surface area contributed by atoms with Crippen LogP contribution in [0.4, 0.5) is 4.39 Å². The summed E-state index contributed by atoms with van der Waals surface area (Å²) in [6.07, 6.45) is 2.56. The van der Waals surface area contributed by atoms with Crippen LogP contribution < -0.4 is 11.2 Å². The number of nitriles is 1. The molecule has 7 nitrogen and oxygen atoms in total. The van der Waals surface area contributed by atoms with E-state index in [1.165, 1.54) is 41.3 Å². The Morgan fingerprint density at radius 1 is 1.28 bits per heavy atom. The molecule has 0 aliphatic heterocycles. The summed E-state index contributed by atoms with van der Waals surface area (Å²) in [6.45, 7) is 1.94. The van der Waals surface area contributed by atoms with Gasteiger partial charge < -0.3 is 4.42 Å². The Bertz CT molecular complexity index is 1070. The number of aromatic nitrogens is 3. The van der Waals surface area contributed by atoms with Crippen molar-refractivity contribution in [1.82, 2.24) is 14.1 Å². The minimum Gasteiger partial charge on any atom is -0.444 e. The summed E-state index contributed by atoms with van der Waals surface area (Å²) < 4.78 is 20.5. The molecule has 0 spiro atoms. The maximum absolute atomic E-state index is 13.0. The third-order valence-electron chi connectivity index (χ3n) is 3.66. The molecule has 8 heteroatoms. The van der Waals surface area contributed by atoms with Gasteiger partial charge >= 0.3 is 5.69 Å². The Hall–Kier alpha value is -3.47. The number of benzene rings is 1. The predicted molar refractivity (Wildman–Crippen MR) is 86.4 cm³/mol. The van der Waals surface area contributed by atoms with Gasteiger partial charge in [-0.2, -0.15) is 5.26 Å². The van der Waals surface area contributed by atoms with Gasteiger partial charge in [0, 0.05) is 18.3 Å². The summed E-state index contributed by atoms with van der Waals surface area (Å²) in [5.74, 6) is -0.133. The summed E-state index contributed by atoms with van der Waals surface area (Å²) in [6, 6.07) is 7.37. The smallest absolute Gasteiger partial charge is 0.331 e. The van der Waals surface area contributed by atoms with Gasteiger partial charge in [0.15, 0.2) is 0 Å². The SMILES string of the molecule is CCn1cc(C#N)c(=O)n(Cc2coc(-c3ccc(F)cc3)n2)c1=O. The van der Waals surface area contributed by atoms with E-state index >= 15 is 0 Å². The fraction of sp³-hybridized carbons (Fsp3) is 0.176. The summed E-state index contributed by atoms with van der Waals surface area (Å²) in [7, 11) is 0. The zero-order valence-electron chi connectivity index (χ0n) is 13.3. The average Bonchev–Trinajstić information content (AvgIpc) is 3.08. The lowest BCUT2D eigenvalue weighted by molar-refractivity contribution is 0.564. The lowest BCUT2D eigenvalue weighted by Crippen LogP contribution is -2.41. The molecule has 0 aliphatic carbocycles. The number of nitrogens with zero attached hydrogens (tertiary/aromatic N) is 4. The Kier molecular flexibility index (Phi) is 4.31. The molecule has 0 N–H and O–H groups in total. The summed E-state index contributed by atoms with van der Waals surface area (Å²) in [5, 5.41) is 9.05. The third kappa shape index (κ3) is 3.12. The molecule has 0 aliphatic rings. The normalized spacial score (nSPS) is 10.6. The topological polar surface area (TPSA) is 93.8 Å². The molecular weight excluding hydrogens is 327 g/mol. The van der Waals surface area contributed by atoms with E-state index in [1.807, 2.05) is 0 Å². The minimum absolute atomic E-state index is 0.122. The summed E-state index contributed by atoms with van der Waals surface area (Å²) in [5.41, 5.74) is -0.418. The number of hydrogen-bond donors (Lipinski definition) is 0. The van der Waals surface area contributed by atoms with Crippen molar-refractivity contribution in [2.45, 2.75) is 20.0 Å². The van der Waals surface area contributed by atoms with Crippen LogP contribution in [0.3, 0.4) is 0 Å². The van der Waals surface area contributed by atoms with E-state index in [0.29, 0.717) is 17.8 Å². The highest BCUT2D eigenvalue weighted by atomic mass is 19.1. The molecule has 0 fully saturated rings. The van der Waals surface area contributed by atoms with Crippen molar-refractivity contribution in [3.05, 3.63) is 74.6 Å². The molecule has 2 heterocycles. The average molecular weight is 340 g/mol. The summed E-state index contributed by atoms with van der Waals surface area (Å²) >= 11 is 0. The molecular formula is C17H13FN4O3. The second kappa shape index (κ2) is 6.57. The van der Waals surface area contributed by atoms with Crippen LogP contribution in [0.15, 0.2) is 50.7 Å². The largest absolute Gasteiger partial charge is 0.444 e. The van der Waals surface area contributed by atoms with Gasteiger partial charge in [-0.15, -0.1) is 0 Å². The van der Waals surface area contributed by atoms with E-state index in [1.54, 1.807) is 13.0 Å². The standard InChI is InChI=1S/C17H13FN4O3/c1-2-21-8-12(7-19)16(23)22(17(21)24)9-14-10-25-15(20-14)11-3-5-13(18)6-4-11/h3-6,8,10H,2,9H2,1H3. The molecule has 1 aromatic carbocycles. The van der Waals surface area contributed by atoms with Crippen molar-refractivity contribution >= 4 is 0 Å². The van der Waals surface area contributed by atoms with Gasteiger partial charge in [-0.05, 0) is 31.2 Å². The second-order valence-electron chi connectivity index (χ2n) is 5.27. The van der Waals surface area contributed by atoms with Gasteiger partial charge in [-0.3, -0.25) is 13.9 Å². The van der Waals surface area contributed by atoms with Crippen molar-refractivity contribution in [3.63, 3.8) is 0 Å². The first kappa shape index (κ1) is 16.4. The first-order valence-electron chi connectivity index (χ1n) is 7.48. The number of rotatable bonds is 4. The molecule has 0 saturated heterocycles. The third-order valence-corrected chi connectivity index (χ3v) is 3.66. The molecule has 2 aromatic heterocycles. The van der Waals surface area contributed by atoms with Crippen LogP contribution in [0.2, 0.25) is 0 Å². The van der Waals surface area contributed by atoms with Gasteiger partial charge in [-0.1, -0.05) is 0 Å². The van der Waals surface area contributed by atoms with Gasteiger partial charge in [0.2, 0.25) is 5.89 Å². The van der Waals surface area contributed by atoms with E-state index in [0.717, 1.165) is 4.57 Å². The summed E-state index contributed by atoms with van der Waals surface area (Å²) in [4.78, 5) is 28.8. The van der Waals surface area contributed by atoms with Crippen molar-refractivity contribution in [2.75, 3.05) is 0 Å². The number of aryl methyl sites for hydroxylation is 1. The van der Waals surface area contributed by atoms with Crippen LogP contribution in [0.1, 0.15) is 18.2 Å².